The van der Waals surface area contributed by atoms with Crippen LogP contribution in [0.15, 0.2) is 42.6 Å². The van der Waals surface area contributed by atoms with Gasteiger partial charge in [0.25, 0.3) is 5.91 Å². The fourth-order valence-electron chi connectivity index (χ4n) is 4.41. The summed E-state index contributed by atoms with van der Waals surface area (Å²) >= 11 is 1.76. The number of nitrogens with zero attached hydrogens (tertiary/aromatic N) is 2. The number of thioether (sulfide) groups is 1. The van der Waals surface area contributed by atoms with Crippen molar-refractivity contribution in [2.24, 2.45) is 0 Å². The molecule has 9 heteroatoms. The molecule has 1 aliphatic rings. The van der Waals surface area contributed by atoms with E-state index in [-0.39, 0.29) is 17.6 Å². The SMILES string of the molecule is COC(=O)c1c(NC(=O)C2CCCO2)c2cc(NC(C)CSC)cnc2n1CCc1ccccc1. The number of esters is 1. The molecule has 186 valence electrons. The third-order valence-electron chi connectivity index (χ3n) is 6.04. The molecule has 1 aromatic carbocycles. The van der Waals surface area contributed by atoms with Gasteiger partial charge in [-0.1, -0.05) is 30.3 Å². The fourth-order valence-corrected chi connectivity index (χ4v) is 4.99. The summed E-state index contributed by atoms with van der Waals surface area (Å²) in [5.41, 5.74) is 3.27. The number of hydrogen-bond acceptors (Lipinski definition) is 7. The first-order chi connectivity index (χ1) is 17.0. The third kappa shape index (κ3) is 5.79. The first-order valence-corrected chi connectivity index (χ1v) is 13.2. The molecule has 0 aliphatic carbocycles. The number of carbonyl (C=O) groups excluding carboxylic acids is 2. The van der Waals surface area contributed by atoms with Crippen LogP contribution in [0.1, 0.15) is 35.8 Å². The van der Waals surface area contributed by atoms with Gasteiger partial charge in [0.05, 0.1) is 24.7 Å². The molecule has 3 aromatic rings. The number of methoxy groups -OCH3 is 1. The van der Waals surface area contributed by atoms with Crippen molar-refractivity contribution in [2.75, 3.05) is 36.4 Å². The number of ether oxygens (including phenoxy) is 2. The zero-order chi connectivity index (χ0) is 24.8. The predicted molar refractivity (Wildman–Crippen MR) is 140 cm³/mol. The van der Waals surface area contributed by atoms with Crippen LogP contribution in [0.25, 0.3) is 11.0 Å². The molecular weight excluding hydrogens is 464 g/mol. The molecular formula is C26H32N4O4S. The fraction of sp³-hybridized carbons (Fsp3) is 0.423. The zero-order valence-corrected chi connectivity index (χ0v) is 21.2. The standard InChI is InChI=1S/C26H32N4O4S/c1-17(16-35-3)28-19-14-20-22(29-25(31)21-10-7-13-34-21)23(26(32)33-2)30(24(20)27-15-19)12-11-18-8-5-4-6-9-18/h4-6,8-9,14-15,17,21,28H,7,10-13,16H2,1-3H3,(H,29,31). The summed E-state index contributed by atoms with van der Waals surface area (Å²) in [5, 5.41) is 7.12. The molecule has 1 amide bonds. The topological polar surface area (TPSA) is 94.5 Å². The minimum absolute atomic E-state index is 0.231. The van der Waals surface area contributed by atoms with Crippen LogP contribution >= 0.6 is 11.8 Å². The lowest BCUT2D eigenvalue weighted by atomic mass is 10.1. The maximum absolute atomic E-state index is 13.0. The van der Waals surface area contributed by atoms with Gasteiger partial charge in [0.1, 0.15) is 11.8 Å². The first kappa shape index (κ1) is 25.1. The van der Waals surface area contributed by atoms with Gasteiger partial charge in [0.15, 0.2) is 5.69 Å². The quantitative estimate of drug-likeness (QED) is 0.403. The van der Waals surface area contributed by atoms with Crippen molar-refractivity contribution in [2.45, 2.75) is 44.9 Å². The minimum Gasteiger partial charge on any atom is -0.464 e. The predicted octanol–water partition coefficient (Wildman–Crippen LogP) is 4.35. The molecule has 1 aliphatic heterocycles. The van der Waals surface area contributed by atoms with Crippen LogP contribution < -0.4 is 10.6 Å². The van der Waals surface area contributed by atoms with Crippen LogP contribution in [0.3, 0.4) is 0 Å². The van der Waals surface area contributed by atoms with E-state index in [0.717, 1.165) is 23.4 Å². The van der Waals surface area contributed by atoms with Crippen molar-refractivity contribution in [3.63, 3.8) is 0 Å². The van der Waals surface area contributed by atoms with Crippen molar-refractivity contribution < 1.29 is 19.1 Å². The Morgan fingerprint density at radius 1 is 1.31 bits per heavy atom. The van der Waals surface area contributed by atoms with Gasteiger partial charge in [0.2, 0.25) is 0 Å². The van der Waals surface area contributed by atoms with Gasteiger partial charge in [-0.2, -0.15) is 11.8 Å². The molecule has 2 unspecified atom stereocenters. The van der Waals surface area contributed by atoms with Crippen molar-refractivity contribution in [3.05, 3.63) is 53.9 Å². The highest BCUT2D eigenvalue weighted by Gasteiger charge is 2.30. The summed E-state index contributed by atoms with van der Waals surface area (Å²) in [4.78, 5) is 30.7. The highest BCUT2D eigenvalue weighted by molar-refractivity contribution is 7.98. The lowest BCUT2D eigenvalue weighted by Gasteiger charge is -2.14. The van der Waals surface area contributed by atoms with Crippen LogP contribution in [0, 0.1) is 0 Å². The molecule has 1 fully saturated rings. The Morgan fingerprint density at radius 2 is 2.11 bits per heavy atom. The number of anilines is 2. The number of fused-ring (bicyclic) bond motifs is 1. The lowest BCUT2D eigenvalue weighted by Crippen LogP contribution is -2.28. The summed E-state index contributed by atoms with van der Waals surface area (Å²) < 4.78 is 12.6. The van der Waals surface area contributed by atoms with E-state index < -0.39 is 12.1 Å². The number of carbonyl (C=O) groups is 2. The Bertz CT molecular complexity index is 1180. The number of amides is 1. The van der Waals surface area contributed by atoms with Crippen LogP contribution in [-0.4, -0.2) is 59.3 Å². The Balaban J connectivity index is 1.78. The molecule has 0 radical (unpaired) electrons. The summed E-state index contributed by atoms with van der Waals surface area (Å²) in [6.45, 7) is 3.17. The lowest BCUT2D eigenvalue weighted by molar-refractivity contribution is -0.124. The van der Waals surface area contributed by atoms with E-state index in [1.54, 1.807) is 18.0 Å². The van der Waals surface area contributed by atoms with E-state index in [9.17, 15) is 9.59 Å². The molecule has 2 aromatic heterocycles. The number of aromatic nitrogens is 2. The molecule has 0 bridgehead atoms. The number of nitrogens with one attached hydrogen (secondary N) is 2. The van der Waals surface area contributed by atoms with E-state index in [1.165, 1.54) is 7.11 Å². The van der Waals surface area contributed by atoms with Crippen molar-refractivity contribution in [3.8, 4) is 0 Å². The summed E-state index contributed by atoms with van der Waals surface area (Å²) in [7, 11) is 1.34. The Labute approximate surface area is 209 Å². The maximum Gasteiger partial charge on any atom is 0.356 e. The molecule has 3 heterocycles. The Kier molecular flexibility index (Phi) is 8.30. The summed E-state index contributed by atoms with van der Waals surface area (Å²) in [5.74, 6) is 0.152. The van der Waals surface area contributed by atoms with Crippen molar-refractivity contribution in [1.82, 2.24) is 9.55 Å². The van der Waals surface area contributed by atoms with E-state index in [2.05, 4.69) is 23.8 Å². The third-order valence-corrected chi connectivity index (χ3v) is 6.88. The number of aryl methyl sites for hydroxylation is 2. The number of hydrogen-bond donors (Lipinski definition) is 2. The molecule has 35 heavy (non-hydrogen) atoms. The second kappa shape index (κ2) is 11.6. The number of pyridine rings is 1. The Morgan fingerprint density at radius 3 is 2.80 bits per heavy atom. The average Bonchev–Trinajstić information content (AvgIpc) is 3.50. The molecule has 2 N–H and O–H groups in total. The van der Waals surface area contributed by atoms with E-state index in [1.807, 2.05) is 41.0 Å². The smallest absolute Gasteiger partial charge is 0.356 e. The largest absolute Gasteiger partial charge is 0.464 e. The highest BCUT2D eigenvalue weighted by Crippen LogP contribution is 2.33. The molecule has 0 saturated carbocycles. The van der Waals surface area contributed by atoms with Gasteiger partial charge < -0.3 is 24.7 Å². The molecule has 2 atom stereocenters. The van der Waals surface area contributed by atoms with Crippen LogP contribution in [0.5, 0.6) is 0 Å². The van der Waals surface area contributed by atoms with Crippen molar-refractivity contribution >= 4 is 46.0 Å². The second-order valence-corrected chi connectivity index (χ2v) is 9.60. The number of rotatable bonds is 10. The average molecular weight is 497 g/mol. The summed E-state index contributed by atoms with van der Waals surface area (Å²) in [6.07, 6.45) is 5.49. The van der Waals surface area contributed by atoms with E-state index >= 15 is 0 Å². The second-order valence-electron chi connectivity index (χ2n) is 8.69. The van der Waals surface area contributed by atoms with Gasteiger partial charge in [-0.25, -0.2) is 9.78 Å². The van der Waals surface area contributed by atoms with E-state index in [4.69, 9.17) is 14.5 Å². The summed E-state index contributed by atoms with van der Waals surface area (Å²) in [6, 6.07) is 12.2. The van der Waals surface area contributed by atoms with Gasteiger partial charge in [-0.15, -0.1) is 0 Å². The van der Waals surface area contributed by atoms with Crippen LogP contribution in [-0.2, 0) is 27.2 Å². The van der Waals surface area contributed by atoms with Crippen LogP contribution in [0.2, 0.25) is 0 Å². The first-order valence-electron chi connectivity index (χ1n) is 11.8. The molecule has 4 rings (SSSR count). The maximum atomic E-state index is 13.0. The molecule has 0 spiro atoms. The number of benzene rings is 1. The Hall–Kier alpha value is -3.04. The molecule has 1 saturated heterocycles. The minimum atomic E-state index is -0.529. The van der Waals surface area contributed by atoms with Crippen LogP contribution in [0.4, 0.5) is 11.4 Å². The zero-order valence-electron chi connectivity index (χ0n) is 20.4. The van der Waals surface area contributed by atoms with Gasteiger partial charge >= 0.3 is 5.97 Å². The van der Waals surface area contributed by atoms with E-state index in [0.29, 0.717) is 42.7 Å². The van der Waals surface area contributed by atoms with Crippen molar-refractivity contribution in [1.29, 1.82) is 0 Å². The normalized spacial score (nSPS) is 16.3. The molecule has 8 nitrogen and oxygen atoms in total. The highest BCUT2D eigenvalue weighted by atomic mass is 32.2. The van der Waals surface area contributed by atoms with Gasteiger partial charge in [0, 0.05) is 30.3 Å². The van der Waals surface area contributed by atoms with Gasteiger partial charge in [-0.05, 0) is 44.1 Å². The monoisotopic (exact) mass is 496 g/mol. The van der Waals surface area contributed by atoms with Gasteiger partial charge in [-0.3, -0.25) is 4.79 Å².